The molecule has 1 aliphatic heterocycles. The van der Waals surface area contributed by atoms with Crippen LogP contribution in [0.15, 0.2) is 40.5 Å². The fourth-order valence-corrected chi connectivity index (χ4v) is 4.29. The van der Waals surface area contributed by atoms with Gasteiger partial charge in [-0.05, 0) is 56.3 Å². The van der Waals surface area contributed by atoms with Crippen molar-refractivity contribution in [2.75, 3.05) is 13.1 Å². The van der Waals surface area contributed by atoms with Crippen molar-refractivity contribution in [1.82, 2.24) is 19.9 Å². The summed E-state index contributed by atoms with van der Waals surface area (Å²) in [5.74, 6) is 0.622. The highest BCUT2D eigenvalue weighted by atomic mass is 32.1. The van der Waals surface area contributed by atoms with Crippen LogP contribution in [-0.2, 0) is 0 Å². The van der Waals surface area contributed by atoms with Crippen LogP contribution in [0.3, 0.4) is 0 Å². The highest BCUT2D eigenvalue weighted by molar-refractivity contribution is 7.13. The zero-order valence-electron chi connectivity index (χ0n) is 15.9. The number of hydrogen-bond acceptors (Lipinski definition) is 5. The first-order chi connectivity index (χ1) is 13.5. The number of nitrogens with one attached hydrogen (secondary N) is 1. The zero-order chi connectivity index (χ0) is 19.7. The molecule has 144 valence electrons. The molecule has 1 amide bonds. The third-order valence-electron chi connectivity index (χ3n) is 5.00. The van der Waals surface area contributed by atoms with E-state index in [2.05, 4.69) is 16.0 Å². The molecule has 1 atom stereocenters. The lowest BCUT2D eigenvalue weighted by molar-refractivity contribution is 0.0702. The number of amides is 1. The van der Waals surface area contributed by atoms with Gasteiger partial charge in [0.1, 0.15) is 11.4 Å². The van der Waals surface area contributed by atoms with Crippen molar-refractivity contribution in [3.63, 3.8) is 0 Å². The molecule has 1 saturated heterocycles. The summed E-state index contributed by atoms with van der Waals surface area (Å²) in [7, 11) is 0. The number of nitrogens with zero attached hydrogens (tertiary/aromatic N) is 3. The molecule has 0 radical (unpaired) electrons. The quantitative estimate of drug-likeness (QED) is 0.737. The molecular weight excluding hydrogens is 372 g/mol. The molecule has 6 nitrogen and oxygen atoms in total. The van der Waals surface area contributed by atoms with E-state index in [1.54, 1.807) is 35.3 Å². The Hall–Kier alpha value is -2.80. The van der Waals surface area contributed by atoms with Gasteiger partial charge in [0.2, 0.25) is 0 Å². The van der Waals surface area contributed by atoms with Crippen LogP contribution in [0.1, 0.15) is 46.3 Å². The van der Waals surface area contributed by atoms with Crippen LogP contribution in [0, 0.1) is 13.8 Å². The second kappa shape index (κ2) is 7.67. The number of H-pyrrole nitrogens is 1. The van der Waals surface area contributed by atoms with Gasteiger partial charge in [-0.2, -0.15) is 0 Å². The van der Waals surface area contributed by atoms with E-state index in [1.165, 1.54) is 0 Å². The Labute approximate surface area is 167 Å². The first kappa shape index (κ1) is 18.6. The molecule has 0 unspecified atom stereocenters. The molecule has 0 bridgehead atoms. The third-order valence-corrected chi connectivity index (χ3v) is 5.90. The van der Waals surface area contributed by atoms with E-state index in [4.69, 9.17) is 4.98 Å². The van der Waals surface area contributed by atoms with Gasteiger partial charge < -0.3 is 9.88 Å². The van der Waals surface area contributed by atoms with Gasteiger partial charge in [0.05, 0.1) is 10.6 Å². The van der Waals surface area contributed by atoms with E-state index >= 15 is 0 Å². The summed E-state index contributed by atoms with van der Waals surface area (Å²) in [5, 5.41) is 2.03. The van der Waals surface area contributed by atoms with E-state index < -0.39 is 0 Å². The fourth-order valence-electron chi connectivity index (χ4n) is 3.61. The van der Waals surface area contributed by atoms with Crippen molar-refractivity contribution < 1.29 is 4.79 Å². The van der Waals surface area contributed by atoms with Gasteiger partial charge in [-0.3, -0.25) is 9.59 Å². The second-order valence-electron chi connectivity index (χ2n) is 7.20. The lowest BCUT2D eigenvalue weighted by Gasteiger charge is -2.32. The lowest BCUT2D eigenvalue weighted by atomic mass is 9.96. The largest absolute Gasteiger partial charge is 0.338 e. The molecule has 1 fully saturated rings. The number of piperidine rings is 1. The molecule has 1 N–H and O–H groups in total. The lowest BCUT2D eigenvalue weighted by Crippen LogP contribution is -2.41. The van der Waals surface area contributed by atoms with Crippen LogP contribution in [0.4, 0.5) is 0 Å². The number of aromatic amines is 1. The third kappa shape index (κ3) is 3.75. The second-order valence-corrected chi connectivity index (χ2v) is 8.15. The molecule has 7 heteroatoms. The Morgan fingerprint density at radius 2 is 2.11 bits per heavy atom. The number of aromatic nitrogens is 3. The van der Waals surface area contributed by atoms with Crippen molar-refractivity contribution in [2.24, 2.45) is 0 Å². The molecular formula is C21H22N4O2S. The zero-order valence-corrected chi connectivity index (χ0v) is 16.8. The van der Waals surface area contributed by atoms with Gasteiger partial charge in [-0.25, -0.2) is 9.97 Å². The number of aryl methyl sites for hydroxylation is 2. The number of rotatable bonds is 3. The van der Waals surface area contributed by atoms with Gasteiger partial charge >= 0.3 is 0 Å². The normalized spacial score (nSPS) is 16.9. The fraction of sp³-hybridized carbons (Fsp3) is 0.333. The number of thiophene rings is 1. The van der Waals surface area contributed by atoms with Gasteiger partial charge in [-0.1, -0.05) is 6.07 Å². The van der Waals surface area contributed by atoms with Crippen LogP contribution in [-0.4, -0.2) is 38.8 Å². The van der Waals surface area contributed by atoms with Gasteiger partial charge in [0.15, 0.2) is 0 Å². The van der Waals surface area contributed by atoms with E-state index in [0.29, 0.717) is 13.1 Å². The molecule has 1 aliphatic rings. The van der Waals surface area contributed by atoms with Crippen molar-refractivity contribution in [3.05, 3.63) is 68.8 Å². The van der Waals surface area contributed by atoms with E-state index in [1.807, 2.05) is 24.4 Å². The van der Waals surface area contributed by atoms with Crippen molar-refractivity contribution in [2.45, 2.75) is 32.6 Å². The van der Waals surface area contributed by atoms with Crippen LogP contribution >= 0.6 is 11.3 Å². The average molecular weight is 395 g/mol. The molecule has 4 rings (SSSR count). The van der Waals surface area contributed by atoms with E-state index in [0.717, 1.165) is 40.6 Å². The molecule has 0 aromatic carbocycles. The molecule has 3 aromatic heterocycles. The Morgan fingerprint density at radius 1 is 1.25 bits per heavy atom. The first-order valence-corrected chi connectivity index (χ1v) is 10.3. The SMILES string of the molecule is Cc1cc(-c2cccs2)nc([C@H]2CCCN(C(=O)c3ccc(C)[nH]c3=O)C2)n1. The summed E-state index contributed by atoms with van der Waals surface area (Å²) < 4.78 is 0. The Balaban J connectivity index is 1.59. The monoisotopic (exact) mass is 394 g/mol. The molecule has 0 spiro atoms. The standard InChI is InChI=1S/C21H22N4O2S/c1-13-7-8-16(20(26)23-13)21(27)25-9-3-5-15(12-25)19-22-14(2)11-17(24-19)18-6-4-10-28-18/h4,6-8,10-11,15H,3,5,9,12H2,1-2H3,(H,23,26)/t15-/m0/s1. The topological polar surface area (TPSA) is 79.0 Å². The number of hydrogen-bond donors (Lipinski definition) is 1. The van der Waals surface area contributed by atoms with Crippen LogP contribution in [0.5, 0.6) is 0 Å². The minimum absolute atomic E-state index is 0.0702. The molecule has 3 aromatic rings. The summed E-state index contributed by atoms with van der Waals surface area (Å²) in [4.78, 5) is 40.1. The Kier molecular flexibility index (Phi) is 5.09. The van der Waals surface area contributed by atoms with Gasteiger partial charge in [0.25, 0.3) is 11.5 Å². The van der Waals surface area contributed by atoms with Crippen molar-refractivity contribution >= 4 is 17.2 Å². The van der Waals surface area contributed by atoms with Gasteiger partial charge in [0, 0.05) is 30.4 Å². The maximum absolute atomic E-state index is 12.9. The summed E-state index contributed by atoms with van der Waals surface area (Å²) in [6, 6.07) is 9.42. The molecule has 0 saturated carbocycles. The highest BCUT2D eigenvalue weighted by Gasteiger charge is 2.28. The number of pyridine rings is 1. The van der Waals surface area contributed by atoms with E-state index in [-0.39, 0.29) is 22.9 Å². The smallest absolute Gasteiger partial charge is 0.260 e. The van der Waals surface area contributed by atoms with Crippen LogP contribution < -0.4 is 5.56 Å². The minimum atomic E-state index is -0.334. The van der Waals surface area contributed by atoms with Crippen LogP contribution in [0.25, 0.3) is 10.6 Å². The number of likely N-dealkylation sites (tertiary alicyclic amines) is 1. The first-order valence-electron chi connectivity index (χ1n) is 9.40. The predicted octanol–water partition coefficient (Wildman–Crippen LogP) is 3.53. The highest BCUT2D eigenvalue weighted by Crippen LogP contribution is 2.29. The number of carbonyl (C=O) groups is 1. The molecule has 4 heterocycles. The maximum atomic E-state index is 12.9. The van der Waals surface area contributed by atoms with Crippen molar-refractivity contribution in [1.29, 1.82) is 0 Å². The molecule has 0 aliphatic carbocycles. The van der Waals surface area contributed by atoms with Gasteiger partial charge in [-0.15, -0.1) is 11.3 Å². The maximum Gasteiger partial charge on any atom is 0.260 e. The Morgan fingerprint density at radius 3 is 2.86 bits per heavy atom. The summed E-state index contributed by atoms with van der Waals surface area (Å²) >= 11 is 1.65. The van der Waals surface area contributed by atoms with Crippen molar-refractivity contribution in [3.8, 4) is 10.6 Å². The summed E-state index contributed by atoms with van der Waals surface area (Å²) in [5.41, 5.74) is 2.45. The predicted molar refractivity (Wildman–Crippen MR) is 110 cm³/mol. The molecule has 28 heavy (non-hydrogen) atoms. The number of carbonyl (C=O) groups excluding carboxylic acids is 1. The summed E-state index contributed by atoms with van der Waals surface area (Å²) in [6.07, 6.45) is 1.80. The Bertz CT molecular complexity index is 1060. The summed E-state index contributed by atoms with van der Waals surface area (Å²) in [6.45, 7) is 4.94. The van der Waals surface area contributed by atoms with E-state index in [9.17, 15) is 9.59 Å². The average Bonchev–Trinajstić information content (AvgIpc) is 3.22. The van der Waals surface area contributed by atoms with Crippen LogP contribution in [0.2, 0.25) is 0 Å². The minimum Gasteiger partial charge on any atom is -0.338 e.